The van der Waals surface area contributed by atoms with Crippen LogP contribution in [0.5, 0.6) is 5.75 Å². The van der Waals surface area contributed by atoms with Crippen LogP contribution in [0.3, 0.4) is 0 Å². The summed E-state index contributed by atoms with van der Waals surface area (Å²) in [4.78, 5) is 16.8. The Bertz CT molecular complexity index is 518. The molecule has 0 unspecified atom stereocenters. The lowest BCUT2D eigenvalue weighted by atomic mass is 10.0. The molecule has 0 N–H and O–H groups in total. The molecule has 1 saturated heterocycles. The summed E-state index contributed by atoms with van der Waals surface area (Å²) in [6.07, 6.45) is 7.21. The molecule has 0 bridgehead atoms. The Kier molecular flexibility index (Phi) is 5.42. The van der Waals surface area contributed by atoms with Crippen molar-refractivity contribution in [1.29, 1.82) is 0 Å². The minimum atomic E-state index is 0.349. The van der Waals surface area contributed by atoms with Gasteiger partial charge in [-0.05, 0) is 24.5 Å². The van der Waals surface area contributed by atoms with E-state index in [4.69, 9.17) is 4.74 Å². The van der Waals surface area contributed by atoms with Gasteiger partial charge in [0.25, 0.3) is 0 Å². The van der Waals surface area contributed by atoms with Gasteiger partial charge in [0.15, 0.2) is 0 Å². The van der Waals surface area contributed by atoms with Crippen LogP contribution in [0.25, 0.3) is 0 Å². The highest BCUT2D eigenvalue weighted by molar-refractivity contribution is 5.76. The molecule has 0 radical (unpaired) electrons. The van der Waals surface area contributed by atoms with Gasteiger partial charge in [0, 0.05) is 44.4 Å². The number of amides is 1. The summed E-state index contributed by atoms with van der Waals surface area (Å²) in [5.41, 5.74) is 1.18. The van der Waals surface area contributed by atoms with Crippen molar-refractivity contribution in [1.82, 2.24) is 4.90 Å². The van der Waals surface area contributed by atoms with E-state index in [-0.39, 0.29) is 0 Å². The van der Waals surface area contributed by atoms with Crippen molar-refractivity contribution in [2.75, 3.05) is 38.2 Å². The van der Waals surface area contributed by atoms with Crippen LogP contribution in [-0.2, 0) is 4.79 Å². The molecule has 0 atom stereocenters. The zero-order valence-electron chi connectivity index (χ0n) is 14.2. The maximum atomic E-state index is 12.4. The first-order chi connectivity index (χ1) is 11.3. The maximum Gasteiger partial charge on any atom is 0.222 e. The Morgan fingerprint density at radius 2 is 1.91 bits per heavy atom. The summed E-state index contributed by atoms with van der Waals surface area (Å²) >= 11 is 0. The second kappa shape index (κ2) is 7.71. The van der Waals surface area contributed by atoms with Crippen molar-refractivity contribution in [2.24, 2.45) is 5.92 Å². The lowest BCUT2D eigenvalue weighted by molar-refractivity contribution is -0.131. The maximum absolute atomic E-state index is 12.4. The van der Waals surface area contributed by atoms with Gasteiger partial charge in [-0.15, -0.1) is 0 Å². The number of methoxy groups -OCH3 is 1. The minimum absolute atomic E-state index is 0.349. The van der Waals surface area contributed by atoms with E-state index in [1.807, 2.05) is 17.0 Å². The highest BCUT2D eigenvalue weighted by Gasteiger charge is 2.23. The number of benzene rings is 1. The van der Waals surface area contributed by atoms with Gasteiger partial charge in [-0.2, -0.15) is 0 Å². The summed E-state index contributed by atoms with van der Waals surface area (Å²) in [5, 5.41) is 0. The van der Waals surface area contributed by atoms with E-state index in [1.54, 1.807) is 7.11 Å². The lowest BCUT2D eigenvalue weighted by Crippen LogP contribution is -2.48. The molecule has 1 heterocycles. The van der Waals surface area contributed by atoms with E-state index >= 15 is 0 Å². The summed E-state index contributed by atoms with van der Waals surface area (Å²) in [5.74, 6) is 2.04. The van der Waals surface area contributed by atoms with E-state index in [9.17, 15) is 4.79 Å². The fourth-order valence-electron chi connectivity index (χ4n) is 3.81. The molecule has 1 aliphatic carbocycles. The summed E-state index contributed by atoms with van der Waals surface area (Å²) in [7, 11) is 1.69. The van der Waals surface area contributed by atoms with E-state index < -0.39 is 0 Å². The first-order valence-corrected chi connectivity index (χ1v) is 8.93. The smallest absolute Gasteiger partial charge is 0.222 e. The fourth-order valence-corrected chi connectivity index (χ4v) is 3.81. The third-order valence-corrected chi connectivity index (χ3v) is 5.29. The van der Waals surface area contributed by atoms with Crippen molar-refractivity contribution >= 4 is 11.6 Å². The minimum Gasteiger partial charge on any atom is -0.497 e. The van der Waals surface area contributed by atoms with Crippen molar-refractivity contribution in [3.63, 3.8) is 0 Å². The second-order valence-corrected chi connectivity index (χ2v) is 6.76. The number of rotatable bonds is 5. The summed E-state index contributed by atoms with van der Waals surface area (Å²) in [6.45, 7) is 3.48. The van der Waals surface area contributed by atoms with E-state index in [0.29, 0.717) is 5.91 Å². The zero-order valence-corrected chi connectivity index (χ0v) is 14.2. The Labute approximate surface area is 139 Å². The second-order valence-electron chi connectivity index (χ2n) is 6.76. The number of carbonyl (C=O) groups is 1. The predicted octanol–water partition coefficient (Wildman–Crippen LogP) is 3.31. The molecule has 1 aromatic carbocycles. The van der Waals surface area contributed by atoms with Crippen molar-refractivity contribution in [3.8, 4) is 5.75 Å². The topological polar surface area (TPSA) is 32.8 Å². The molecule has 1 saturated carbocycles. The number of hydrogen-bond donors (Lipinski definition) is 0. The normalized spacial score (nSPS) is 19.2. The van der Waals surface area contributed by atoms with Gasteiger partial charge in [-0.3, -0.25) is 4.79 Å². The molecule has 1 aliphatic heterocycles. The molecule has 4 heteroatoms. The van der Waals surface area contributed by atoms with Gasteiger partial charge < -0.3 is 14.5 Å². The van der Waals surface area contributed by atoms with Crippen LogP contribution < -0.4 is 9.64 Å². The van der Waals surface area contributed by atoms with Crippen LogP contribution in [0, 0.1) is 5.92 Å². The molecule has 1 aromatic rings. The van der Waals surface area contributed by atoms with Crippen molar-refractivity contribution in [2.45, 2.75) is 38.5 Å². The number of carbonyl (C=O) groups excluding carboxylic acids is 1. The molecule has 4 nitrogen and oxygen atoms in total. The number of nitrogens with zero attached hydrogens (tertiary/aromatic N) is 2. The zero-order chi connectivity index (χ0) is 16.1. The predicted molar refractivity (Wildman–Crippen MR) is 93.0 cm³/mol. The molecule has 126 valence electrons. The molecule has 23 heavy (non-hydrogen) atoms. The Morgan fingerprint density at radius 3 is 2.61 bits per heavy atom. The largest absolute Gasteiger partial charge is 0.497 e. The van der Waals surface area contributed by atoms with Gasteiger partial charge in [-0.25, -0.2) is 0 Å². The Hall–Kier alpha value is -1.71. The molecular weight excluding hydrogens is 288 g/mol. The van der Waals surface area contributed by atoms with Crippen LogP contribution >= 0.6 is 0 Å². The first kappa shape index (κ1) is 16.2. The summed E-state index contributed by atoms with van der Waals surface area (Å²) < 4.78 is 5.29. The number of piperazine rings is 1. The molecular formula is C19H28N2O2. The lowest BCUT2D eigenvalue weighted by Gasteiger charge is -2.36. The fraction of sp³-hybridized carbons (Fsp3) is 0.632. The van der Waals surface area contributed by atoms with Gasteiger partial charge in [0.1, 0.15) is 5.75 Å². The third-order valence-electron chi connectivity index (χ3n) is 5.29. The molecule has 2 fully saturated rings. The Balaban J connectivity index is 1.46. The Morgan fingerprint density at radius 1 is 1.17 bits per heavy atom. The molecule has 0 aromatic heterocycles. The first-order valence-electron chi connectivity index (χ1n) is 8.93. The molecule has 3 rings (SSSR count). The van der Waals surface area contributed by atoms with E-state index in [0.717, 1.165) is 50.7 Å². The van der Waals surface area contributed by atoms with Crippen LogP contribution in [0.4, 0.5) is 5.69 Å². The monoisotopic (exact) mass is 316 g/mol. The average molecular weight is 316 g/mol. The van der Waals surface area contributed by atoms with Crippen molar-refractivity contribution < 1.29 is 9.53 Å². The van der Waals surface area contributed by atoms with Crippen LogP contribution in [0.15, 0.2) is 24.3 Å². The summed E-state index contributed by atoms with van der Waals surface area (Å²) in [6, 6.07) is 8.16. The highest BCUT2D eigenvalue weighted by atomic mass is 16.5. The average Bonchev–Trinajstić information content (AvgIpc) is 3.13. The molecule has 0 spiro atoms. The standard InChI is InChI=1S/C19H28N2O2/c1-23-18-8-4-7-17(15-18)20-11-13-21(14-12-20)19(22)10-9-16-5-2-3-6-16/h4,7-8,15-16H,2-3,5-6,9-14H2,1H3. The van der Waals surface area contributed by atoms with Gasteiger partial charge in [0.05, 0.1) is 7.11 Å². The van der Waals surface area contributed by atoms with E-state index in [2.05, 4.69) is 17.0 Å². The number of anilines is 1. The van der Waals surface area contributed by atoms with Crippen molar-refractivity contribution in [3.05, 3.63) is 24.3 Å². The molecule has 2 aliphatic rings. The SMILES string of the molecule is COc1cccc(N2CCN(C(=O)CCC3CCCC3)CC2)c1. The van der Waals surface area contributed by atoms with E-state index in [1.165, 1.54) is 31.4 Å². The van der Waals surface area contributed by atoms with Crippen LogP contribution in [0.2, 0.25) is 0 Å². The number of ether oxygens (including phenoxy) is 1. The third kappa shape index (κ3) is 4.18. The molecule has 1 amide bonds. The number of hydrogen-bond acceptors (Lipinski definition) is 3. The quantitative estimate of drug-likeness (QED) is 0.835. The van der Waals surface area contributed by atoms with Gasteiger partial charge >= 0.3 is 0 Å². The highest BCUT2D eigenvalue weighted by Crippen LogP contribution is 2.29. The van der Waals surface area contributed by atoms with Crippen LogP contribution in [-0.4, -0.2) is 44.1 Å². The van der Waals surface area contributed by atoms with Gasteiger partial charge in [-0.1, -0.05) is 31.7 Å². The van der Waals surface area contributed by atoms with Gasteiger partial charge in [0.2, 0.25) is 5.91 Å². The van der Waals surface area contributed by atoms with Crippen LogP contribution in [0.1, 0.15) is 38.5 Å².